The first kappa shape index (κ1) is 17.4. The Kier molecular flexibility index (Phi) is 4.37. The molecular formula is C22H21N3O2S. The second-order valence-electron chi connectivity index (χ2n) is 7.48. The number of quaternary nitrogens is 1. The van der Waals surface area contributed by atoms with Gasteiger partial charge in [0.1, 0.15) is 12.2 Å². The molecular weight excluding hydrogens is 370 g/mol. The number of para-hydroxylation sites is 1. The van der Waals surface area contributed by atoms with E-state index in [1.807, 2.05) is 18.2 Å². The summed E-state index contributed by atoms with van der Waals surface area (Å²) in [7, 11) is 0. The highest BCUT2D eigenvalue weighted by Gasteiger charge is 2.26. The van der Waals surface area contributed by atoms with E-state index >= 15 is 0 Å². The molecule has 0 radical (unpaired) electrons. The first-order chi connectivity index (χ1) is 13.7. The van der Waals surface area contributed by atoms with Crippen LogP contribution in [0.1, 0.15) is 18.5 Å². The normalized spacial score (nSPS) is 20.0. The first-order valence-corrected chi connectivity index (χ1v) is 10.5. The van der Waals surface area contributed by atoms with E-state index in [4.69, 9.17) is 4.98 Å². The molecule has 2 aromatic heterocycles. The van der Waals surface area contributed by atoms with Gasteiger partial charge in [-0.1, -0.05) is 53.8 Å². The molecule has 0 amide bonds. The van der Waals surface area contributed by atoms with Crippen LogP contribution in [0, 0.1) is 5.92 Å². The third kappa shape index (κ3) is 2.99. The van der Waals surface area contributed by atoms with Crippen LogP contribution in [-0.2, 0) is 11.3 Å². The fourth-order valence-corrected chi connectivity index (χ4v) is 5.28. The van der Waals surface area contributed by atoms with Crippen molar-refractivity contribution in [3.8, 4) is 11.3 Å². The number of aromatic nitrogens is 2. The molecule has 0 spiro atoms. The molecule has 4 aromatic rings. The van der Waals surface area contributed by atoms with Crippen molar-refractivity contribution in [3.05, 3.63) is 60.3 Å². The highest BCUT2D eigenvalue weighted by atomic mass is 32.1. The number of hydrogen-bond acceptors (Lipinski definition) is 4. The molecule has 1 aliphatic rings. The zero-order valence-corrected chi connectivity index (χ0v) is 16.2. The number of carboxylic acids is 1. The number of fused-ring (bicyclic) bond motifs is 3. The van der Waals surface area contributed by atoms with Gasteiger partial charge in [0, 0.05) is 30.3 Å². The highest BCUT2D eigenvalue weighted by Crippen LogP contribution is 2.32. The Balaban J connectivity index is 1.58. The minimum absolute atomic E-state index is 0.301. The molecule has 0 aliphatic carbocycles. The van der Waals surface area contributed by atoms with Crippen LogP contribution in [-0.4, -0.2) is 28.4 Å². The maximum atomic E-state index is 11.2. The number of benzene rings is 2. The smallest absolute Gasteiger partial charge is 0.195 e. The van der Waals surface area contributed by atoms with Crippen molar-refractivity contribution < 1.29 is 14.8 Å². The molecule has 1 saturated heterocycles. The third-order valence-electron chi connectivity index (χ3n) is 5.74. The third-order valence-corrected chi connectivity index (χ3v) is 6.76. The lowest BCUT2D eigenvalue weighted by atomic mass is 9.97. The van der Waals surface area contributed by atoms with Crippen LogP contribution in [0.4, 0.5) is 0 Å². The van der Waals surface area contributed by atoms with Gasteiger partial charge in [-0.2, -0.15) is 0 Å². The number of nitrogens with one attached hydrogen (secondary N) is 1. The van der Waals surface area contributed by atoms with Gasteiger partial charge >= 0.3 is 0 Å². The standard InChI is InChI=1S/C22H21N3O2S/c26-21(27)16-10-12-24(13-11-16)14-18-20(15-6-2-1-3-7-15)23-22-25(18)17-8-4-5-9-19(17)28-22/h1-9,16H,10-14H2,(H,26,27). The summed E-state index contributed by atoms with van der Waals surface area (Å²) in [5.74, 6) is -1.20. The van der Waals surface area contributed by atoms with Gasteiger partial charge in [0.25, 0.3) is 0 Å². The number of likely N-dealkylation sites (tertiary alicyclic amines) is 1. The van der Waals surface area contributed by atoms with Crippen LogP contribution in [0.15, 0.2) is 54.6 Å². The van der Waals surface area contributed by atoms with Crippen LogP contribution < -0.4 is 10.0 Å². The average molecular weight is 391 g/mol. The number of aliphatic carboxylic acids is 1. The van der Waals surface area contributed by atoms with Crippen molar-refractivity contribution in [1.29, 1.82) is 0 Å². The summed E-state index contributed by atoms with van der Waals surface area (Å²) >= 11 is 1.71. The van der Waals surface area contributed by atoms with Gasteiger partial charge in [-0.25, -0.2) is 4.98 Å². The Labute approximate surface area is 166 Å². The average Bonchev–Trinajstić information content (AvgIpc) is 3.26. The summed E-state index contributed by atoms with van der Waals surface area (Å²) in [6, 6.07) is 18.7. The van der Waals surface area contributed by atoms with E-state index in [1.54, 1.807) is 11.3 Å². The van der Waals surface area contributed by atoms with Crippen molar-refractivity contribution in [2.24, 2.45) is 5.92 Å². The number of carboxylic acid groups (broad SMARTS) is 1. The molecule has 3 heterocycles. The fourth-order valence-electron chi connectivity index (χ4n) is 4.24. The van der Waals surface area contributed by atoms with E-state index in [0.29, 0.717) is 12.8 Å². The highest BCUT2D eigenvalue weighted by molar-refractivity contribution is 7.23. The van der Waals surface area contributed by atoms with Crippen molar-refractivity contribution in [1.82, 2.24) is 9.38 Å². The minimum atomic E-state index is -0.903. The van der Waals surface area contributed by atoms with Gasteiger partial charge in [-0.3, -0.25) is 4.40 Å². The number of imidazole rings is 1. The van der Waals surface area contributed by atoms with E-state index in [9.17, 15) is 9.90 Å². The second kappa shape index (κ2) is 7.04. The molecule has 28 heavy (non-hydrogen) atoms. The molecule has 5 rings (SSSR count). The van der Waals surface area contributed by atoms with E-state index in [1.165, 1.54) is 20.8 Å². The zero-order chi connectivity index (χ0) is 19.1. The van der Waals surface area contributed by atoms with Gasteiger partial charge in [0.15, 0.2) is 4.96 Å². The van der Waals surface area contributed by atoms with Crippen LogP contribution in [0.2, 0.25) is 0 Å². The number of carbonyl (C=O) groups is 1. The quantitative estimate of drug-likeness (QED) is 0.577. The van der Waals surface area contributed by atoms with Gasteiger partial charge in [0.2, 0.25) is 0 Å². The maximum Gasteiger partial charge on any atom is 0.195 e. The number of rotatable bonds is 4. The lowest BCUT2D eigenvalue weighted by molar-refractivity contribution is -0.919. The fraction of sp³-hybridized carbons (Fsp3) is 0.273. The van der Waals surface area contributed by atoms with Crippen LogP contribution in [0.25, 0.3) is 26.4 Å². The van der Waals surface area contributed by atoms with E-state index in [2.05, 4.69) is 40.8 Å². The molecule has 0 atom stereocenters. The lowest BCUT2D eigenvalue weighted by Gasteiger charge is -2.29. The van der Waals surface area contributed by atoms with Gasteiger partial charge in [-0.15, -0.1) is 0 Å². The SMILES string of the molecule is O=C([O-])C1CC[NH+](Cc2c(-c3ccccc3)nc3sc4ccccc4n23)CC1. The number of carbonyl (C=O) groups excluding carboxylic acids is 1. The Morgan fingerprint density at radius 1 is 1.11 bits per heavy atom. The van der Waals surface area contributed by atoms with E-state index in [0.717, 1.165) is 35.9 Å². The molecule has 0 bridgehead atoms. The van der Waals surface area contributed by atoms with Crippen molar-refractivity contribution in [2.45, 2.75) is 19.4 Å². The predicted octanol–water partition coefficient (Wildman–Crippen LogP) is 1.76. The predicted molar refractivity (Wildman–Crippen MR) is 108 cm³/mol. The number of thiazole rings is 1. The van der Waals surface area contributed by atoms with Gasteiger partial charge in [-0.05, 0) is 12.1 Å². The summed E-state index contributed by atoms with van der Waals surface area (Å²) < 4.78 is 3.52. The lowest BCUT2D eigenvalue weighted by Crippen LogP contribution is -3.12. The molecule has 1 fully saturated rings. The van der Waals surface area contributed by atoms with Crippen molar-refractivity contribution in [2.75, 3.05) is 13.1 Å². The Hall–Kier alpha value is -2.70. The molecule has 6 heteroatoms. The summed E-state index contributed by atoms with van der Waals surface area (Å²) in [4.78, 5) is 18.6. The van der Waals surface area contributed by atoms with Crippen molar-refractivity contribution in [3.63, 3.8) is 0 Å². The molecule has 142 valence electrons. The molecule has 5 nitrogen and oxygen atoms in total. The Bertz CT molecular complexity index is 1140. The number of piperidine rings is 1. The zero-order valence-electron chi connectivity index (χ0n) is 15.4. The summed E-state index contributed by atoms with van der Waals surface area (Å²) in [6.45, 7) is 2.54. The molecule has 0 saturated carbocycles. The van der Waals surface area contributed by atoms with Crippen LogP contribution in [0.3, 0.4) is 0 Å². The van der Waals surface area contributed by atoms with Gasteiger partial charge < -0.3 is 14.8 Å². The van der Waals surface area contributed by atoms with E-state index in [-0.39, 0.29) is 5.92 Å². The summed E-state index contributed by atoms with van der Waals surface area (Å²) in [5.41, 5.74) is 4.56. The largest absolute Gasteiger partial charge is 0.550 e. The second-order valence-corrected chi connectivity index (χ2v) is 8.49. The minimum Gasteiger partial charge on any atom is -0.550 e. The maximum absolute atomic E-state index is 11.2. The molecule has 2 aromatic carbocycles. The Morgan fingerprint density at radius 2 is 1.82 bits per heavy atom. The summed E-state index contributed by atoms with van der Waals surface area (Å²) in [6.07, 6.45) is 1.37. The van der Waals surface area contributed by atoms with Crippen LogP contribution in [0.5, 0.6) is 0 Å². The van der Waals surface area contributed by atoms with Gasteiger partial charge in [0.05, 0.1) is 29.0 Å². The molecule has 0 unspecified atom stereocenters. The first-order valence-electron chi connectivity index (χ1n) is 9.69. The van der Waals surface area contributed by atoms with Crippen molar-refractivity contribution >= 4 is 32.5 Å². The number of nitrogens with zero attached hydrogens (tertiary/aromatic N) is 2. The van der Waals surface area contributed by atoms with E-state index < -0.39 is 5.97 Å². The van der Waals surface area contributed by atoms with Crippen LogP contribution >= 0.6 is 11.3 Å². The molecule has 1 aliphatic heterocycles. The summed E-state index contributed by atoms with van der Waals surface area (Å²) in [5, 5.41) is 11.2. The monoisotopic (exact) mass is 391 g/mol. The number of hydrogen-bond donors (Lipinski definition) is 1. The Morgan fingerprint density at radius 3 is 2.57 bits per heavy atom. The molecule has 1 N–H and O–H groups in total. The topological polar surface area (TPSA) is 61.9 Å².